The summed E-state index contributed by atoms with van der Waals surface area (Å²) < 4.78 is 25.6. The number of hydrogen-bond acceptors (Lipinski definition) is 4. The van der Waals surface area contributed by atoms with E-state index in [2.05, 4.69) is 4.18 Å². The molecule has 0 aromatic heterocycles. The second-order valence-corrected chi connectivity index (χ2v) is 4.48. The highest BCUT2D eigenvalue weighted by Crippen LogP contribution is 2.04. The first-order valence-electron chi connectivity index (χ1n) is 3.35. The zero-order valence-electron chi connectivity index (χ0n) is 6.94. The van der Waals surface area contributed by atoms with Gasteiger partial charge in [0.2, 0.25) is 0 Å². The molecule has 1 atom stereocenters. The van der Waals surface area contributed by atoms with E-state index >= 15 is 0 Å². The van der Waals surface area contributed by atoms with E-state index < -0.39 is 16.2 Å². The van der Waals surface area contributed by atoms with Crippen LogP contribution in [0.25, 0.3) is 0 Å². The summed E-state index contributed by atoms with van der Waals surface area (Å²) in [7, 11) is -2.43. The van der Waals surface area contributed by atoms with E-state index in [1.165, 1.54) is 0 Å². The van der Waals surface area contributed by atoms with Crippen molar-refractivity contribution in [3.8, 4) is 0 Å². The molecule has 0 aromatic carbocycles. The van der Waals surface area contributed by atoms with Crippen molar-refractivity contribution in [2.45, 2.75) is 20.0 Å². The molecule has 0 amide bonds. The Labute approximate surface area is 67.3 Å². The van der Waals surface area contributed by atoms with Crippen LogP contribution in [0.4, 0.5) is 0 Å². The zero-order chi connectivity index (χ0) is 9.07. The van der Waals surface area contributed by atoms with Crippen LogP contribution in [0.15, 0.2) is 0 Å². The van der Waals surface area contributed by atoms with Crippen molar-refractivity contribution >= 4 is 10.1 Å². The highest BCUT2D eigenvalue weighted by Gasteiger charge is 2.18. The first kappa shape index (κ1) is 10.9. The average molecular weight is 182 g/mol. The van der Waals surface area contributed by atoms with Crippen molar-refractivity contribution in [2.75, 3.05) is 12.9 Å². The Kier molecular flexibility index (Phi) is 3.99. The Balaban J connectivity index is 4.05. The standard InChI is InChI=1S/C6H14O4S/c1-5(2)6(7)4-11(8,9)10-3/h5-7H,4H2,1-3H3. The lowest BCUT2D eigenvalue weighted by molar-refractivity contribution is 0.144. The maximum Gasteiger partial charge on any atom is 0.269 e. The van der Waals surface area contributed by atoms with E-state index in [1.54, 1.807) is 13.8 Å². The molecule has 4 nitrogen and oxygen atoms in total. The molecule has 0 aliphatic rings. The quantitative estimate of drug-likeness (QED) is 0.621. The maximum absolute atomic E-state index is 10.7. The molecule has 11 heavy (non-hydrogen) atoms. The molecule has 0 aliphatic heterocycles. The monoisotopic (exact) mass is 182 g/mol. The summed E-state index contributed by atoms with van der Waals surface area (Å²) in [5.41, 5.74) is 0. The van der Waals surface area contributed by atoms with Crippen LogP contribution >= 0.6 is 0 Å². The molecule has 1 N–H and O–H groups in total. The van der Waals surface area contributed by atoms with Crippen LogP contribution in [0.1, 0.15) is 13.8 Å². The average Bonchev–Trinajstić information content (AvgIpc) is 1.87. The molecular formula is C6H14O4S. The van der Waals surface area contributed by atoms with Crippen LogP contribution < -0.4 is 0 Å². The van der Waals surface area contributed by atoms with Crippen molar-refractivity contribution < 1.29 is 17.7 Å². The first-order valence-corrected chi connectivity index (χ1v) is 4.93. The van der Waals surface area contributed by atoms with E-state index in [9.17, 15) is 8.42 Å². The molecule has 68 valence electrons. The van der Waals surface area contributed by atoms with Crippen molar-refractivity contribution in [3.05, 3.63) is 0 Å². The van der Waals surface area contributed by atoms with E-state index in [-0.39, 0.29) is 11.7 Å². The first-order chi connectivity index (χ1) is 4.89. The molecule has 0 bridgehead atoms. The van der Waals surface area contributed by atoms with Gasteiger partial charge in [-0.1, -0.05) is 13.8 Å². The molecule has 0 aromatic rings. The lowest BCUT2D eigenvalue weighted by atomic mass is 10.1. The van der Waals surface area contributed by atoms with Gasteiger partial charge in [-0.05, 0) is 5.92 Å². The van der Waals surface area contributed by atoms with Crippen LogP contribution in [0.2, 0.25) is 0 Å². The van der Waals surface area contributed by atoms with E-state index in [4.69, 9.17) is 5.11 Å². The molecule has 0 saturated heterocycles. The number of aliphatic hydroxyl groups is 1. The Morgan fingerprint density at radius 3 is 2.18 bits per heavy atom. The van der Waals surface area contributed by atoms with Gasteiger partial charge in [0.25, 0.3) is 10.1 Å². The van der Waals surface area contributed by atoms with Gasteiger partial charge in [-0.15, -0.1) is 0 Å². The third-order valence-electron chi connectivity index (χ3n) is 1.40. The molecule has 0 fully saturated rings. The van der Waals surface area contributed by atoms with Crippen molar-refractivity contribution in [3.63, 3.8) is 0 Å². The highest BCUT2D eigenvalue weighted by atomic mass is 32.2. The summed E-state index contributed by atoms with van der Waals surface area (Å²) in [6, 6.07) is 0. The molecule has 0 heterocycles. The molecule has 0 saturated carbocycles. The predicted molar refractivity (Wildman–Crippen MR) is 41.6 cm³/mol. The summed E-state index contributed by atoms with van der Waals surface area (Å²) in [6.07, 6.45) is -0.847. The minimum Gasteiger partial charge on any atom is -0.392 e. The zero-order valence-corrected chi connectivity index (χ0v) is 7.76. The van der Waals surface area contributed by atoms with E-state index in [0.29, 0.717) is 0 Å². The fraction of sp³-hybridized carbons (Fsp3) is 1.00. The second-order valence-electron chi connectivity index (χ2n) is 2.70. The van der Waals surface area contributed by atoms with Crippen LogP contribution in [-0.2, 0) is 14.3 Å². The fourth-order valence-electron chi connectivity index (χ4n) is 0.470. The van der Waals surface area contributed by atoms with Crippen molar-refractivity contribution in [1.29, 1.82) is 0 Å². The van der Waals surface area contributed by atoms with Gasteiger partial charge in [-0.2, -0.15) is 8.42 Å². The molecule has 0 spiro atoms. The minimum absolute atomic E-state index is 0.0695. The van der Waals surface area contributed by atoms with Crippen LogP contribution in [0.5, 0.6) is 0 Å². The van der Waals surface area contributed by atoms with Crippen LogP contribution in [0.3, 0.4) is 0 Å². The van der Waals surface area contributed by atoms with Crippen molar-refractivity contribution in [2.24, 2.45) is 5.92 Å². The predicted octanol–water partition coefficient (Wildman–Crippen LogP) is -0.0205. The van der Waals surface area contributed by atoms with Crippen molar-refractivity contribution in [1.82, 2.24) is 0 Å². The molecule has 5 heteroatoms. The van der Waals surface area contributed by atoms with Gasteiger partial charge < -0.3 is 5.11 Å². The van der Waals surface area contributed by atoms with Crippen LogP contribution in [-0.4, -0.2) is 32.5 Å². The van der Waals surface area contributed by atoms with Gasteiger partial charge in [-0.3, -0.25) is 4.18 Å². The number of hydrogen-bond donors (Lipinski definition) is 1. The third-order valence-corrected chi connectivity index (χ3v) is 2.66. The SMILES string of the molecule is COS(=O)(=O)CC(O)C(C)C. The second kappa shape index (κ2) is 4.04. The largest absolute Gasteiger partial charge is 0.392 e. The van der Waals surface area contributed by atoms with Gasteiger partial charge in [0.15, 0.2) is 0 Å². The minimum atomic E-state index is -3.51. The normalized spacial score (nSPS) is 15.4. The summed E-state index contributed by atoms with van der Waals surface area (Å²) >= 11 is 0. The van der Waals surface area contributed by atoms with Gasteiger partial charge in [0.1, 0.15) is 5.75 Å². The summed E-state index contributed by atoms with van der Waals surface area (Å²) in [4.78, 5) is 0. The molecule has 0 rings (SSSR count). The van der Waals surface area contributed by atoms with Crippen LogP contribution in [0, 0.1) is 5.92 Å². The number of aliphatic hydroxyl groups excluding tert-OH is 1. The Bertz CT molecular complexity index is 195. The highest BCUT2D eigenvalue weighted by molar-refractivity contribution is 7.86. The maximum atomic E-state index is 10.7. The number of rotatable bonds is 4. The van der Waals surface area contributed by atoms with Gasteiger partial charge in [0.05, 0.1) is 13.2 Å². The van der Waals surface area contributed by atoms with E-state index in [1.807, 2.05) is 0 Å². The summed E-state index contributed by atoms with van der Waals surface area (Å²) in [6.45, 7) is 3.49. The fourth-order valence-corrected chi connectivity index (χ4v) is 1.41. The Morgan fingerprint density at radius 1 is 1.45 bits per heavy atom. The molecule has 1 unspecified atom stereocenters. The third kappa shape index (κ3) is 4.34. The lowest BCUT2D eigenvalue weighted by Crippen LogP contribution is -2.26. The molecule has 0 radical (unpaired) electrons. The van der Waals surface area contributed by atoms with E-state index in [0.717, 1.165) is 7.11 Å². The Morgan fingerprint density at radius 2 is 1.91 bits per heavy atom. The summed E-state index contributed by atoms with van der Waals surface area (Å²) in [5.74, 6) is -0.402. The lowest BCUT2D eigenvalue weighted by Gasteiger charge is -2.12. The summed E-state index contributed by atoms with van der Waals surface area (Å²) in [5, 5.41) is 9.13. The molecular weight excluding hydrogens is 168 g/mol. The molecule has 0 aliphatic carbocycles. The van der Waals surface area contributed by atoms with Gasteiger partial charge in [-0.25, -0.2) is 0 Å². The topological polar surface area (TPSA) is 63.6 Å². The van der Waals surface area contributed by atoms with Gasteiger partial charge >= 0.3 is 0 Å². The van der Waals surface area contributed by atoms with Gasteiger partial charge in [0, 0.05) is 0 Å². The smallest absolute Gasteiger partial charge is 0.269 e. The Hall–Kier alpha value is -0.130.